The van der Waals surface area contributed by atoms with Gasteiger partial charge in [0.05, 0.1) is 18.1 Å². The van der Waals surface area contributed by atoms with E-state index in [9.17, 15) is 4.79 Å². The van der Waals surface area contributed by atoms with E-state index < -0.39 is 0 Å². The topological polar surface area (TPSA) is 84.7 Å². The molecule has 0 unspecified atom stereocenters. The Bertz CT molecular complexity index is 715. The predicted molar refractivity (Wildman–Crippen MR) is 108 cm³/mol. The quantitative estimate of drug-likeness (QED) is 0.461. The summed E-state index contributed by atoms with van der Waals surface area (Å²) in [5, 5.41) is 12.5. The van der Waals surface area contributed by atoms with Crippen molar-refractivity contribution in [1.82, 2.24) is 25.1 Å². The molecular formula is C18H30N6OS. The molecule has 0 atom stereocenters. The van der Waals surface area contributed by atoms with E-state index >= 15 is 0 Å². The third-order valence-corrected chi connectivity index (χ3v) is 4.76. The predicted octanol–water partition coefficient (Wildman–Crippen LogP) is 3.31. The summed E-state index contributed by atoms with van der Waals surface area (Å²) < 4.78 is 1.85. The Hall–Kier alpha value is -1.83. The second-order valence-corrected chi connectivity index (χ2v) is 7.75. The van der Waals surface area contributed by atoms with Crippen LogP contribution in [0.3, 0.4) is 0 Å². The third kappa shape index (κ3) is 5.86. The van der Waals surface area contributed by atoms with E-state index in [1.54, 1.807) is 18.0 Å². The molecule has 2 aromatic heterocycles. The molecule has 0 aliphatic carbocycles. The van der Waals surface area contributed by atoms with Crippen molar-refractivity contribution in [1.29, 1.82) is 0 Å². The minimum Gasteiger partial charge on any atom is -0.369 e. The summed E-state index contributed by atoms with van der Waals surface area (Å²) >= 11 is 1.66. The highest BCUT2D eigenvalue weighted by molar-refractivity contribution is 7.99. The minimum atomic E-state index is 0.0806. The van der Waals surface area contributed by atoms with Crippen LogP contribution >= 0.6 is 11.8 Å². The first-order valence-electron chi connectivity index (χ1n) is 9.42. The van der Waals surface area contributed by atoms with E-state index in [0.29, 0.717) is 25.4 Å². The molecule has 2 heterocycles. The third-order valence-electron chi connectivity index (χ3n) is 3.71. The number of nitrogens with one attached hydrogen (secondary N) is 2. The number of carbonyl (C=O) groups excluding carboxylic acids is 1. The molecule has 26 heavy (non-hydrogen) atoms. The highest BCUT2D eigenvalue weighted by atomic mass is 32.2. The van der Waals surface area contributed by atoms with Gasteiger partial charge in [0.1, 0.15) is 5.82 Å². The number of carbonyl (C=O) groups is 1. The van der Waals surface area contributed by atoms with Gasteiger partial charge in [-0.15, -0.1) is 0 Å². The molecule has 0 fully saturated rings. The number of thioether (sulfide) groups is 1. The Morgan fingerprint density at radius 2 is 2.08 bits per heavy atom. The van der Waals surface area contributed by atoms with Gasteiger partial charge in [0.15, 0.2) is 10.8 Å². The van der Waals surface area contributed by atoms with Gasteiger partial charge >= 0.3 is 0 Å². The molecule has 2 aromatic rings. The first-order chi connectivity index (χ1) is 12.5. The summed E-state index contributed by atoms with van der Waals surface area (Å²) in [7, 11) is 0. The van der Waals surface area contributed by atoms with Crippen LogP contribution < -0.4 is 10.6 Å². The maximum Gasteiger partial charge on any atom is 0.220 e. The average molecular weight is 379 g/mol. The molecule has 0 aliphatic heterocycles. The molecule has 144 valence electrons. The van der Waals surface area contributed by atoms with Gasteiger partial charge in [0, 0.05) is 25.3 Å². The number of anilines is 1. The van der Waals surface area contributed by atoms with Gasteiger partial charge in [-0.2, -0.15) is 5.10 Å². The van der Waals surface area contributed by atoms with E-state index in [-0.39, 0.29) is 5.91 Å². The summed E-state index contributed by atoms with van der Waals surface area (Å²) in [4.78, 5) is 21.0. The zero-order valence-corrected chi connectivity index (χ0v) is 17.0. The molecule has 0 saturated heterocycles. The summed E-state index contributed by atoms with van der Waals surface area (Å²) in [6, 6.07) is 0. The fourth-order valence-electron chi connectivity index (χ4n) is 2.41. The van der Waals surface area contributed by atoms with Crippen molar-refractivity contribution in [3.8, 4) is 0 Å². The lowest BCUT2D eigenvalue weighted by Crippen LogP contribution is -2.27. The first-order valence-corrected chi connectivity index (χ1v) is 10.4. The lowest BCUT2D eigenvalue weighted by Gasteiger charge is -2.11. The van der Waals surface area contributed by atoms with Crippen LogP contribution in [-0.2, 0) is 11.3 Å². The molecule has 0 saturated carbocycles. The summed E-state index contributed by atoms with van der Waals surface area (Å²) in [5.41, 5.74) is 0.814. The van der Waals surface area contributed by atoms with Crippen molar-refractivity contribution < 1.29 is 4.79 Å². The van der Waals surface area contributed by atoms with Crippen molar-refractivity contribution in [2.45, 2.75) is 58.7 Å². The maximum absolute atomic E-state index is 11.6. The van der Waals surface area contributed by atoms with Crippen molar-refractivity contribution >= 4 is 34.5 Å². The largest absolute Gasteiger partial charge is 0.369 e. The fourth-order valence-corrected chi connectivity index (χ4v) is 3.10. The molecule has 1 amide bonds. The molecule has 0 aliphatic rings. The molecule has 7 nitrogen and oxygen atoms in total. The SMILES string of the molecule is CCCSc1nc(NCC(C)C)c2cnn(CCNC(=O)CCC)c2n1. The molecule has 0 radical (unpaired) electrons. The van der Waals surface area contributed by atoms with Crippen molar-refractivity contribution in [3.63, 3.8) is 0 Å². The van der Waals surface area contributed by atoms with Crippen molar-refractivity contribution in [2.75, 3.05) is 24.2 Å². The molecule has 0 spiro atoms. The Kier molecular flexibility index (Phi) is 8.15. The van der Waals surface area contributed by atoms with Gasteiger partial charge in [0.25, 0.3) is 0 Å². The number of rotatable bonds is 11. The van der Waals surface area contributed by atoms with Crippen LogP contribution in [0, 0.1) is 5.92 Å². The van der Waals surface area contributed by atoms with Gasteiger partial charge in [-0.05, 0) is 18.8 Å². The second-order valence-electron chi connectivity index (χ2n) is 6.68. The Morgan fingerprint density at radius 1 is 1.27 bits per heavy atom. The van der Waals surface area contributed by atoms with Crippen LogP contribution in [0.1, 0.15) is 47.0 Å². The normalized spacial score (nSPS) is 11.3. The molecule has 0 aromatic carbocycles. The van der Waals surface area contributed by atoms with Gasteiger partial charge < -0.3 is 10.6 Å². The zero-order valence-electron chi connectivity index (χ0n) is 16.2. The maximum atomic E-state index is 11.6. The van der Waals surface area contributed by atoms with Crippen LogP contribution in [0.2, 0.25) is 0 Å². The monoisotopic (exact) mass is 378 g/mol. The van der Waals surface area contributed by atoms with E-state index in [4.69, 9.17) is 4.98 Å². The number of amides is 1. The lowest BCUT2D eigenvalue weighted by atomic mass is 10.2. The zero-order chi connectivity index (χ0) is 18.9. The average Bonchev–Trinajstić information content (AvgIpc) is 3.01. The fraction of sp³-hybridized carbons (Fsp3) is 0.667. The number of aromatic nitrogens is 4. The first kappa shape index (κ1) is 20.5. The molecule has 8 heteroatoms. The van der Waals surface area contributed by atoms with Crippen LogP contribution in [-0.4, -0.2) is 44.5 Å². The Balaban J connectivity index is 2.19. The van der Waals surface area contributed by atoms with Crippen LogP contribution in [0.25, 0.3) is 11.0 Å². The Labute approximate surface area is 159 Å². The van der Waals surface area contributed by atoms with Gasteiger partial charge in [0.2, 0.25) is 5.91 Å². The number of nitrogens with zero attached hydrogens (tertiary/aromatic N) is 4. The van der Waals surface area contributed by atoms with Crippen LogP contribution in [0.15, 0.2) is 11.4 Å². The smallest absolute Gasteiger partial charge is 0.220 e. The number of hydrogen-bond acceptors (Lipinski definition) is 6. The van der Waals surface area contributed by atoms with Crippen molar-refractivity contribution in [3.05, 3.63) is 6.20 Å². The summed E-state index contributed by atoms with van der Waals surface area (Å²) in [6.07, 6.45) is 4.29. The van der Waals surface area contributed by atoms with E-state index in [0.717, 1.165) is 47.1 Å². The van der Waals surface area contributed by atoms with Gasteiger partial charge in [-0.25, -0.2) is 14.6 Å². The highest BCUT2D eigenvalue weighted by Crippen LogP contribution is 2.25. The van der Waals surface area contributed by atoms with Crippen LogP contribution in [0.5, 0.6) is 0 Å². The minimum absolute atomic E-state index is 0.0806. The summed E-state index contributed by atoms with van der Waals surface area (Å²) in [5.74, 6) is 2.42. The highest BCUT2D eigenvalue weighted by Gasteiger charge is 2.13. The molecule has 2 rings (SSSR count). The second kappa shape index (κ2) is 10.4. The van der Waals surface area contributed by atoms with Gasteiger partial charge in [-0.3, -0.25) is 4.79 Å². The standard InChI is InChI=1S/C18H30N6OS/c1-5-7-15(25)19-8-9-24-17-14(12-21-24)16(20-11-13(3)4)22-18(23-17)26-10-6-2/h12-13H,5-11H2,1-4H3,(H,19,25)(H,20,22,23). The van der Waals surface area contributed by atoms with Crippen LogP contribution in [0.4, 0.5) is 5.82 Å². The Morgan fingerprint density at radius 3 is 2.77 bits per heavy atom. The number of hydrogen-bond donors (Lipinski definition) is 2. The molecular weight excluding hydrogens is 348 g/mol. The van der Waals surface area contributed by atoms with E-state index in [2.05, 4.69) is 41.5 Å². The van der Waals surface area contributed by atoms with E-state index in [1.165, 1.54) is 0 Å². The molecule has 2 N–H and O–H groups in total. The van der Waals surface area contributed by atoms with Crippen molar-refractivity contribution in [2.24, 2.45) is 5.92 Å². The lowest BCUT2D eigenvalue weighted by molar-refractivity contribution is -0.121. The van der Waals surface area contributed by atoms with Gasteiger partial charge in [-0.1, -0.05) is 39.5 Å². The summed E-state index contributed by atoms with van der Waals surface area (Å²) in [6.45, 7) is 10.5. The number of fused-ring (bicyclic) bond motifs is 1. The molecule has 0 bridgehead atoms. The van der Waals surface area contributed by atoms with E-state index in [1.807, 2.05) is 11.6 Å².